The highest BCUT2D eigenvalue weighted by molar-refractivity contribution is 7.10. The Bertz CT molecular complexity index is 675. The Hall–Kier alpha value is -1.17. The number of carboxylic acid groups (broad SMARTS) is 1. The van der Waals surface area contributed by atoms with Crippen LogP contribution in [0.5, 0.6) is 0 Å². The third-order valence-corrected chi connectivity index (χ3v) is 6.65. The van der Waals surface area contributed by atoms with Gasteiger partial charge in [-0.05, 0) is 59.7 Å². The van der Waals surface area contributed by atoms with Crippen molar-refractivity contribution in [3.05, 3.63) is 43.8 Å². The number of hydrogen-bond acceptors (Lipinski definition) is 4. The molecule has 2 aliphatic rings. The minimum atomic E-state index is -0.711. The molecule has 1 aliphatic heterocycles. The fourth-order valence-corrected chi connectivity index (χ4v) is 5.64. The molecule has 5 heteroatoms. The zero-order valence-electron chi connectivity index (χ0n) is 11.6. The Kier molecular flexibility index (Phi) is 3.36. The average Bonchev–Trinajstić information content (AvgIpc) is 3.13. The fraction of sp³-hybridized carbons (Fsp3) is 0.438. The van der Waals surface area contributed by atoms with Crippen LogP contribution in [-0.2, 0) is 17.6 Å². The topological polar surface area (TPSA) is 40.5 Å². The van der Waals surface area contributed by atoms with Crippen molar-refractivity contribution < 1.29 is 9.90 Å². The summed E-state index contributed by atoms with van der Waals surface area (Å²) >= 11 is 3.51. The minimum Gasteiger partial charge on any atom is -0.480 e. The molecule has 1 aliphatic carbocycles. The number of aliphatic carboxylic acids is 1. The Morgan fingerprint density at radius 2 is 1.86 bits per heavy atom. The van der Waals surface area contributed by atoms with Crippen LogP contribution in [0.2, 0.25) is 0 Å². The maximum absolute atomic E-state index is 11.9. The predicted molar refractivity (Wildman–Crippen MR) is 85.1 cm³/mol. The molecule has 0 saturated carbocycles. The molecule has 0 amide bonds. The first-order valence-corrected chi connectivity index (χ1v) is 9.12. The molecule has 3 nitrogen and oxygen atoms in total. The van der Waals surface area contributed by atoms with E-state index < -0.39 is 12.0 Å². The second kappa shape index (κ2) is 5.23. The molecular weight excluding hydrogens is 302 g/mol. The van der Waals surface area contributed by atoms with Gasteiger partial charge in [-0.1, -0.05) is 0 Å². The normalized spacial score (nSPS) is 25.3. The number of nitrogens with zero attached hydrogens (tertiary/aromatic N) is 1. The summed E-state index contributed by atoms with van der Waals surface area (Å²) < 4.78 is 0. The van der Waals surface area contributed by atoms with Crippen LogP contribution >= 0.6 is 22.7 Å². The molecule has 4 rings (SSSR count). The van der Waals surface area contributed by atoms with E-state index >= 15 is 0 Å². The third-order valence-electron chi connectivity index (χ3n) is 4.66. The van der Waals surface area contributed by atoms with E-state index in [1.54, 1.807) is 11.3 Å². The van der Waals surface area contributed by atoms with Gasteiger partial charge in [-0.3, -0.25) is 9.69 Å². The van der Waals surface area contributed by atoms with Crippen LogP contribution in [0, 0.1) is 0 Å². The Morgan fingerprint density at radius 1 is 1.14 bits per heavy atom. The lowest BCUT2D eigenvalue weighted by molar-refractivity contribution is -0.145. The summed E-state index contributed by atoms with van der Waals surface area (Å²) in [6, 6.07) is 4.00. The van der Waals surface area contributed by atoms with Gasteiger partial charge in [-0.25, -0.2) is 0 Å². The van der Waals surface area contributed by atoms with E-state index in [-0.39, 0.29) is 6.04 Å². The number of fused-ring (bicyclic) bond motifs is 2. The molecule has 0 bridgehead atoms. The molecule has 110 valence electrons. The number of carbonyl (C=O) groups is 1. The zero-order valence-corrected chi connectivity index (χ0v) is 13.3. The molecule has 2 atom stereocenters. The van der Waals surface area contributed by atoms with E-state index in [1.165, 1.54) is 15.3 Å². The van der Waals surface area contributed by atoms with Gasteiger partial charge in [0, 0.05) is 22.3 Å². The van der Waals surface area contributed by atoms with Gasteiger partial charge in [0.25, 0.3) is 0 Å². The van der Waals surface area contributed by atoms with Crippen molar-refractivity contribution in [1.29, 1.82) is 0 Å². The van der Waals surface area contributed by atoms with Crippen molar-refractivity contribution in [1.82, 2.24) is 4.90 Å². The second-order valence-electron chi connectivity index (χ2n) is 5.73. The van der Waals surface area contributed by atoms with Crippen molar-refractivity contribution in [2.45, 2.75) is 37.8 Å². The average molecular weight is 319 g/mol. The van der Waals surface area contributed by atoms with Crippen molar-refractivity contribution in [3.8, 4) is 0 Å². The van der Waals surface area contributed by atoms with Gasteiger partial charge >= 0.3 is 5.97 Å². The number of rotatable bonds is 2. The molecule has 21 heavy (non-hydrogen) atoms. The summed E-state index contributed by atoms with van der Waals surface area (Å²) in [5.41, 5.74) is 2.39. The number of thiophene rings is 2. The van der Waals surface area contributed by atoms with Crippen LogP contribution in [0.15, 0.2) is 22.9 Å². The first kappa shape index (κ1) is 13.5. The van der Waals surface area contributed by atoms with E-state index in [9.17, 15) is 9.90 Å². The van der Waals surface area contributed by atoms with Crippen LogP contribution in [0.4, 0.5) is 0 Å². The monoisotopic (exact) mass is 319 g/mol. The van der Waals surface area contributed by atoms with Crippen molar-refractivity contribution in [3.63, 3.8) is 0 Å². The molecule has 0 aromatic carbocycles. The smallest absolute Gasteiger partial charge is 0.325 e. The molecule has 2 unspecified atom stereocenters. The summed E-state index contributed by atoms with van der Waals surface area (Å²) in [6.07, 6.45) is 4.37. The Morgan fingerprint density at radius 3 is 2.62 bits per heavy atom. The van der Waals surface area contributed by atoms with Crippen molar-refractivity contribution in [2.24, 2.45) is 0 Å². The molecule has 0 saturated heterocycles. The second-order valence-corrected chi connectivity index (χ2v) is 7.74. The lowest BCUT2D eigenvalue weighted by Crippen LogP contribution is -2.42. The van der Waals surface area contributed by atoms with Gasteiger partial charge in [0.15, 0.2) is 0 Å². The third kappa shape index (κ3) is 2.15. The molecule has 0 spiro atoms. The fourth-order valence-electron chi connectivity index (χ4n) is 3.75. The number of aryl methyl sites for hydroxylation is 1. The van der Waals surface area contributed by atoms with Crippen molar-refractivity contribution in [2.75, 3.05) is 6.54 Å². The summed E-state index contributed by atoms with van der Waals surface area (Å²) in [7, 11) is 0. The highest BCUT2D eigenvalue weighted by atomic mass is 32.1. The molecule has 3 heterocycles. The largest absolute Gasteiger partial charge is 0.480 e. The number of hydrogen-bond donors (Lipinski definition) is 1. The molecule has 0 fully saturated rings. The SMILES string of the molecule is O=C(O)C1c2ccsc2CCN1C1CCCc2sccc21. The zero-order chi connectivity index (χ0) is 14.4. The molecule has 2 aromatic heterocycles. The van der Waals surface area contributed by atoms with Gasteiger partial charge in [-0.2, -0.15) is 0 Å². The summed E-state index contributed by atoms with van der Waals surface area (Å²) in [5.74, 6) is -0.711. The Balaban J connectivity index is 1.74. The van der Waals surface area contributed by atoms with Gasteiger partial charge in [0.05, 0.1) is 0 Å². The van der Waals surface area contributed by atoms with Crippen LogP contribution in [0.25, 0.3) is 0 Å². The van der Waals surface area contributed by atoms with Gasteiger partial charge in [0.1, 0.15) is 6.04 Å². The lowest BCUT2D eigenvalue weighted by atomic mass is 9.88. The molecular formula is C16H17NO2S2. The van der Waals surface area contributed by atoms with E-state index in [0.717, 1.165) is 37.8 Å². The van der Waals surface area contributed by atoms with Gasteiger partial charge in [-0.15, -0.1) is 22.7 Å². The highest BCUT2D eigenvalue weighted by Gasteiger charge is 2.39. The van der Waals surface area contributed by atoms with Gasteiger partial charge in [0.2, 0.25) is 0 Å². The first-order valence-electron chi connectivity index (χ1n) is 7.37. The standard InChI is InChI=1S/C16H17NO2S2/c18-16(19)15-11-6-9-21-14(11)4-7-17(15)12-2-1-3-13-10(12)5-8-20-13/h5-6,8-9,12,15H,1-4,7H2,(H,18,19). The van der Waals surface area contributed by atoms with Crippen LogP contribution in [0.3, 0.4) is 0 Å². The van der Waals surface area contributed by atoms with Gasteiger partial charge < -0.3 is 5.11 Å². The minimum absolute atomic E-state index is 0.272. The number of carboxylic acids is 1. The highest BCUT2D eigenvalue weighted by Crippen LogP contribution is 2.44. The van der Waals surface area contributed by atoms with E-state index in [4.69, 9.17) is 0 Å². The summed E-state index contributed by atoms with van der Waals surface area (Å²) in [4.78, 5) is 16.8. The van der Waals surface area contributed by atoms with Crippen LogP contribution in [-0.4, -0.2) is 22.5 Å². The predicted octanol–water partition coefficient (Wildman–Crippen LogP) is 3.87. The Labute approximate surface area is 131 Å². The van der Waals surface area contributed by atoms with E-state index in [2.05, 4.69) is 16.3 Å². The molecule has 1 N–H and O–H groups in total. The van der Waals surface area contributed by atoms with E-state index in [1.807, 2.05) is 22.8 Å². The summed E-state index contributed by atoms with van der Waals surface area (Å²) in [6.45, 7) is 0.852. The lowest BCUT2D eigenvalue weighted by Gasteiger charge is -2.40. The summed E-state index contributed by atoms with van der Waals surface area (Å²) in [5, 5.41) is 13.9. The quantitative estimate of drug-likeness (QED) is 0.913. The van der Waals surface area contributed by atoms with Crippen LogP contribution in [0.1, 0.15) is 45.8 Å². The van der Waals surface area contributed by atoms with Crippen LogP contribution < -0.4 is 0 Å². The molecule has 2 aromatic rings. The van der Waals surface area contributed by atoms with Crippen molar-refractivity contribution >= 4 is 28.6 Å². The molecule has 0 radical (unpaired) electrons. The maximum Gasteiger partial charge on any atom is 0.325 e. The first-order chi connectivity index (χ1) is 10.3. The maximum atomic E-state index is 11.9. The van der Waals surface area contributed by atoms with E-state index in [0.29, 0.717) is 0 Å².